The maximum absolute atomic E-state index is 12.2. The van der Waals surface area contributed by atoms with E-state index in [1.54, 1.807) is 0 Å². The zero-order chi connectivity index (χ0) is 10.5. The third-order valence-electron chi connectivity index (χ3n) is 2.47. The van der Waals surface area contributed by atoms with Crippen LogP contribution in [0.1, 0.15) is 0 Å². The fourth-order valence-electron chi connectivity index (χ4n) is 1.75. The van der Waals surface area contributed by atoms with Crippen molar-refractivity contribution in [1.29, 1.82) is 0 Å². The summed E-state index contributed by atoms with van der Waals surface area (Å²) in [6, 6.07) is 7.59. The molecule has 0 bridgehead atoms. The molecule has 1 atom stereocenters. The van der Waals surface area contributed by atoms with Crippen molar-refractivity contribution >= 4 is 14.8 Å². The molecule has 1 heterocycles. The topological polar surface area (TPSA) is 24.5 Å². The number of rotatable bonds is 3. The Labute approximate surface area is 90.6 Å². The maximum Gasteiger partial charge on any atom is 0.261 e. The van der Waals surface area contributed by atoms with Crippen LogP contribution >= 0.6 is 9.12 Å². The number of hydrogen-bond acceptors (Lipinski definition) is 3. The molecule has 1 aromatic rings. The quantitative estimate of drug-likeness (QED) is 0.800. The second-order valence-electron chi connectivity index (χ2n) is 3.38. The van der Waals surface area contributed by atoms with Gasteiger partial charge in [0.1, 0.15) is 5.75 Å². The molecule has 1 aromatic carbocycles. The molecule has 1 unspecified atom stereocenters. The molecule has 15 heavy (non-hydrogen) atoms. The molecule has 1 N–H and O–H groups in total. The molecular weight excluding hydrogens is 214 g/mol. The first-order chi connectivity index (χ1) is 7.42. The van der Waals surface area contributed by atoms with Gasteiger partial charge in [-0.1, -0.05) is 12.1 Å². The lowest BCUT2D eigenvalue weighted by Gasteiger charge is -2.30. The highest BCUT2D eigenvalue weighted by molar-refractivity contribution is 7.26. The third-order valence-corrected chi connectivity index (χ3v) is 2.77. The highest BCUT2D eigenvalue weighted by Crippen LogP contribution is 2.32. The Balaban J connectivity index is 2.17. The summed E-state index contributed by atoms with van der Waals surface area (Å²) in [6.07, 6.45) is 0. The molecule has 0 radical (unpaired) electrons. The van der Waals surface area contributed by atoms with Gasteiger partial charge in [0.15, 0.2) is 0 Å². The van der Waals surface area contributed by atoms with Crippen LogP contribution in [0.15, 0.2) is 24.3 Å². The predicted octanol–water partition coefficient (Wildman–Crippen LogP) is 1.95. The molecule has 1 aliphatic heterocycles. The largest absolute Gasteiger partial charge is 0.444 e. The lowest BCUT2D eigenvalue weighted by Crippen LogP contribution is -2.43. The number of nitrogens with one attached hydrogen (secondary N) is 1. The molecule has 2 rings (SSSR count). The van der Waals surface area contributed by atoms with Gasteiger partial charge in [0.05, 0.1) is 5.69 Å². The summed E-state index contributed by atoms with van der Waals surface area (Å²) in [4.78, 5) is 2.21. The Kier molecular flexibility index (Phi) is 3.75. The van der Waals surface area contributed by atoms with Crippen LogP contribution in [0.4, 0.5) is 9.88 Å². The second-order valence-corrected chi connectivity index (χ2v) is 3.74. The van der Waals surface area contributed by atoms with Crippen LogP contribution in [0.3, 0.4) is 0 Å². The van der Waals surface area contributed by atoms with Crippen molar-refractivity contribution in [2.45, 2.75) is 0 Å². The molecule has 0 spiro atoms. The number of benzene rings is 1. The van der Waals surface area contributed by atoms with Crippen molar-refractivity contribution in [2.24, 2.45) is 0 Å². The smallest absolute Gasteiger partial charge is 0.261 e. The van der Waals surface area contributed by atoms with E-state index in [1.807, 2.05) is 24.3 Å². The van der Waals surface area contributed by atoms with Gasteiger partial charge >= 0.3 is 0 Å². The molecule has 0 aromatic heterocycles. The number of para-hydroxylation sites is 2. The molecule has 0 aliphatic carbocycles. The van der Waals surface area contributed by atoms with Gasteiger partial charge < -0.3 is 14.7 Å². The van der Waals surface area contributed by atoms with E-state index in [2.05, 4.69) is 10.2 Å². The first-order valence-electron chi connectivity index (χ1n) is 4.99. The fourth-order valence-corrected chi connectivity index (χ4v) is 2.01. The van der Waals surface area contributed by atoms with E-state index >= 15 is 0 Å². The van der Waals surface area contributed by atoms with E-state index in [4.69, 9.17) is 4.52 Å². The van der Waals surface area contributed by atoms with Gasteiger partial charge in [-0.2, -0.15) is 4.20 Å². The highest BCUT2D eigenvalue weighted by Gasteiger charge is 2.14. The Morgan fingerprint density at radius 3 is 2.73 bits per heavy atom. The van der Waals surface area contributed by atoms with Gasteiger partial charge in [-0.15, -0.1) is 0 Å². The second kappa shape index (κ2) is 5.29. The number of piperazine rings is 1. The lowest BCUT2D eigenvalue weighted by atomic mass is 10.2. The van der Waals surface area contributed by atoms with E-state index in [0.717, 1.165) is 31.9 Å². The van der Waals surface area contributed by atoms with Gasteiger partial charge in [0, 0.05) is 26.2 Å². The number of halogens is 1. The number of nitrogens with zero attached hydrogens (tertiary/aromatic N) is 1. The normalized spacial score (nSPS) is 17.3. The molecular formula is C10H14FN2OP. The van der Waals surface area contributed by atoms with Crippen molar-refractivity contribution < 1.29 is 8.72 Å². The van der Waals surface area contributed by atoms with E-state index in [9.17, 15) is 4.20 Å². The monoisotopic (exact) mass is 228 g/mol. The SMILES string of the molecule is FPOc1ccccc1N1CCNCC1. The van der Waals surface area contributed by atoms with Crippen molar-refractivity contribution in [2.75, 3.05) is 31.1 Å². The average Bonchev–Trinajstić information content (AvgIpc) is 2.31. The predicted molar refractivity (Wildman–Crippen MR) is 61.6 cm³/mol. The molecule has 0 amide bonds. The minimum Gasteiger partial charge on any atom is -0.444 e. The van der Waals surface area contributed by atoms with Crippen molar-refractivity contribution in [1.82, 2.24) is 5.32 Å². The van der Waals surface area contributed by atoms with Gasteiger partial charge in [-0.3, -0.25) is 0 Å². The standard InChI is InChI=1S/C10H14FN2OP/c11-15-14-10-4-2-1-3-9(10)13-7-5-12-6-8-13/h1-4,12,15H,5-8H2. The number of anilines is 1. The molecule has 1 fully saturated rings. The zero-order valence-corrected chi connectivity index (χ0v) is 9.37. The summed E-state index contributed by atoms with van der Waals surface area (Å²) in [5.74, 6) is 0.639. The summed E-state index contributed by atoms with van der Waals surface area (Å²) >= 11 is 0. The van der Waals surface area contributed by atoms with Crippen molar-refractivity contribution in [3.8, 4) is 5.75 Å². The third kappa shape index (κ3) is 2.58. The number of hydrogen-bond donors (Lipinski definition) is 1. The summed E-state index contributed by atoms with van der Waals surface area (Å²) in [7, 11) is -0.996. The molecule has 1 aliphatic rings. The molecule has 5 heteroatoms. The zero-order valence-electron chi connectivity index (χ0n) is 8.37. The van der Waals surface area contributed by atoms with Crippen LogP contribution in [0.5, 0.6) is 5.75 Å². The van der Waals surface area contributed by atoms with E-state index < -0.39 is 9.12 Å². The van der Waals surface area contributed by atoms with Gasteiger partial charge in [0.25, 0.3) is 9.12 Å². The van der Waals surface area contributed by atoms with Crippen LogP contribution in [-0.2, 0) is 0 Å². The Morgan fingerprint density at radius 1 is 1.27 bits per heavy atom. The van der Waals surface area contributed by atoms with Crippen molar-refractivity contribution in [3.05, 3.63) is 24.3 Å². The van der Waals surface area contributed by atoms with E-state index in [1.165, 1.54) is 0 Å². The Hall–Kier alpha value is -0.860. The summed E-state index contributed by atoms with van der Waals surface area (Å²) in [5, 5.41) is 3.28. The van der Waals surface area contributed by atoms with E-state index in [-0.39, 0.29) is 0 Å². The minimum atomic E-state index is -0.996. The van der Waals surface area contributed by atoms with Crippen LogP contribution < -0.4 is 14.7 Å². The summed E-state index contributed by atoms with van der Waals surface area (Å²) in [6.45, 7) is 3.81. The van der Waals surface area contributed by atoms with Gasteiger partial charge in [-0.05, 0) is 12.1 Å². The summed E-state index contributed by atoms with van der Waals surface area (Å²) in [5.41, 5.74) is 0.990. The first kappa shape index (κ1) is 10.7. The van der Waals surface area contributed by atoms with Crippen LogP contribution in [-0.4, -0.2) is 26.2 Å². The maximum atomic E-state index is 12.2. The minimum absolute atomic E-state index is 0.639. The molecule has 1 saturated heterocycles. The lowest BCUT2D eigenvalue weighted by molar-refractivity contribution is 0.562. The Bertz CT molecular complexity index is 318. The van der Waals surface area contributed by atoms with E-state index in [0.29, 0.717) is 5.75 Å². The first-order valence-corrected chi connectivity index (χ1v) is 5.77. The van der Waals surface area contributed by atoms with Crippen LogP contribution in [0.2, 0.25) is 0 Å². The average molecular weight is 228 g/mol. The Morgan fingerprint density at radius 2 is 2.00 bits per heavy atom. The van der Waals surface area contributed by atoms with Crippen LogP contribution in [0, 0.1) is 0 Å². The summed E-state index contributed by atoms with van der Waals surface area (Å²) < 4.78 is 17.2. The highest BCUT2D eigenvalue weighted by atomic mass is 31.1. The van der Waals surface area contributed by atoms with Crippen LogP contribution in [0.25, 0.3) is 0 Å². The van der Waals surface area contributed by atoms with Gasteiger partial charge in [-0.25, -0.2) is 0 Å². The molecule has 0 saturated carbocycles. The van der Waals surface area contributed by atoms with Gasteiger partial charge in [0.2, 0.25) is 0 Å². The van der Waals surface area contributed by atoms with Crippen molar-refractivity contribution in [3.63, 3.8) is 0 Å². The molecule has 82 valence electrons. The molecule has 3 nitrogen and oxygen atoms in total. The fraction of sp³-hybridized carbons (Fsp3) is 0.400.